The molecule has 0 bridgehead atoms. The van der Waals surface area contributed by atoms with Gasteiger partial charge >= 0.3 is 5.63 Å². The molecule has 0 aliphatic carbocycles. The van der Waals surface area contributed by atoms with Crippen molar-refractivity contribution in [1.82, 2.24) is 15.0 Å². The number of carbonyl (C=O) groups excluding carboxylic acids is 3. The van der Waals surface area contributed by atoms with Crippen LogP contribution in [0.25, 0.3) is 11.1 Å². The van der Waals surface area contributed by atoms with E-state index in [1.165, 1.54) is 30.9 Å². The molecule has 0 atom stereocenters. The van der Waals surface area contributed by atoms with Crippen LogP contribution in [0.1, 0.15) is 20.3 Å². The van der Waals surface area contributed by atoms with Gasteiger partial charge in [0.1, 0.15) is 18.3 Å². The quantitative estimate of drug-likeness (QED) is 0.701. The molecule has 2 heterocycles. The Hall–Kier alpha value is -3.43. The molecular formula is C20H23FN4O5. The molecule has 1 N–H and O–H groups in total. The maximum absolute atomic E-state index is 14.8. The topological polar surface area (TPSA) is 105 Å². The predicted molar refractivity (Wildman–Crippen MR) is 106 cm³/mol. The zero-order valence-electron chi connectivity index (χ0n) is 16.8. The lowest BCUT2D eigenvalue weighted by atomic mass is 10.1. The van der Waals surface area contributed by atoms with Gasteiger partial charge in [0.25, 0.3) is 0 Å². The minimum atomic E-state index is -0.634. The number of carbonyl (C=O) groups is 3. The van der Waals surface area contributed by atoms with Crippen LogP contribution in [0.15, 0.2) is 33.7 Å². The summed E-state index contributed by atoms with van der Waals surface area (Å²) in [7, 11) is 0. The van der Waals surface area contributed by atoms with Crippen molar-refractivity contribution < 1.29 is 23.3 Å². The van der Waals surface area contributed by atoms with Gasteiger partial charge in [0.05, 0.1) is 23.9 Å². The molecule has 2 amide bonds. The highest BCUT2D eigenvalue weighted by Gasteiger charge is 2.24. The Morgan fingerprint density at radius 1 is 1.13 bits per heavy atom. The van der Waals surface area contributed by atoms with Crippen molar-refractivity contribution >= 4 is 23.3 Å². The molecule has 0 saturated carbocycles. The lowest BCUT2D eigenvalue weighted by molar-refractivity contribution is -0.135. The first-order valence-electron chi connectivity index (χ1n) is 9.52. The number of halogens is 1. The predicted octanol–water partition coefficient (Wildman–Crippen LogP) is 0.969. The van der Waals surface area contributed by atoms with E-state index < -0.39 is 11.4 Å². The Morgan fingerprint density at radius 3 is 2.43 bits per heavy atom. The average Bonchev–Trinajstić information content (AvgIpc) is 3.06. The van der Waals surface area contributed by atoms with E-state index in [1.807, 2.05) is 4.90 Å². The summed E-state index contributed by atoms with van der Waals surface area (Å²) in [6, 6.07) is 4.47. The fourth-order valence-electron chi connectivity index (χ4n) is 3.29. The molecule has 160 valence electrons. The molecule has 1 aromatic carbocycles. The number of nitrogens with zero attached hydrogens (tertiary/aromatic N) is 3. The molecule has 1 fully saturated rings. The SMILES string of the molecule is CC(=O)CC(=O)N1CCN(c2ccc(-c3cn(CNC(C)=O)oc3=O)cc2F)CC1. The van der Waals surface area contributed by atoms with E-state index in [-0.39, 0.29) is 36.3 Å². The van der Waals surface area contributed by atoms with Gasteiger partial charge in [-0.15, -0.1) is 0 Å². The minimum absolute atomic E-state index is 0.00222. The lowest BCUT2D eigenvalue weighted by Crippen LogP contribution is -2.49. The van der Waals surface area contributed by atoms with Gasteiger partial charge in [0.2, 0.25) is 11.8 Å². The normalized spacial score (nSPS) is 14.0. The number of rotatable bonds is 6. The van der Waals surface area contributed by atoms with Crippen molar-refractivity contribution in [3.63, 3.8) is 0 Å². The number of Topliss-reactive ketones (excluding diaryl/α,β-unsaturated/α-hetero) is 1. The fourth-order valence-corrected chi connectivity index (χ4v) is 3.29. The Kier molecular flexibility index (Phi) is 6.34. The summed E-state index contributed by atoms with van der Waals surface area (Å²) in [4.78, 5) is 49.6. The average molecular weight is 418 g/mol. The molecule has 1 aliphatic heterocycles. The number of benzene rings is 1. The highest BCUT2D eigenvalue weighted by Crippen LogP contribution is 2.26. The van der Waals surface area contributed by atoms with Crippen LogP contribution in [-0.2, 0) is 21.1 Å². The number of nitrogens with one attached hydrogen (secondary N) is 1. The first-order chi connectivity index (χ1) is 14.2. The molecule has 9 nitrogen and oxygen atoms in total. The van der Waals surface area contributed by atoms with E-state index in [4.69, 9.17) is 4.52 Å². The Balaban J connectivity index is 1.69. The zero-order chi connectivity index (χ0) is 21.8. The summed E-state index contributed by atoms with van der Waals surface area (Å²) in [5.41, 5.74) is 0.289. The van der Waals surface area contributed by atoms with E-state index in [0.29, 0.717) is 37.4 Å². The van der Waals surface area contributed by atoms with Crippen molar-refractivity contribution in [2.75, 3.05) is 31.1 Å². The largest absolute Gasteiger partial charge is 0.366 e. The Morgan fingerprint density at radius 2 is 1.83 bits per heavy atom. The molecule has 2 aromatic rings. The molecular weight excluding hydrogens is 395 g/mol. The highest BCUT2D eigenvalue weighted by atomic mass is 19.1. The van der Waals surface area contributed by atoms with Gasteiger partial charge in [0, 0.05) is 33.1 Å². The maximum atomic E-state index is 14.8. The van der Waals surface area contributed by atoms with Crippen LogP contribution >= 0.6 is 0 Å². The Bertz CT molecular complexity index is 1020. The molecule has 1 aromatic heterocycles. The standard InChI is InChI=1S/C20H23FN4O5/c1-13(26)9-19(28)24-7-5-23(6-8-24)18-4-3-15(10-17(18)21)16-11-25(30-20(16)29)12-22-14(2)27/h3-4,10-11H,5-9,12H2,1-2H3,(H,22,27). The smallest absolute Gasteiger partial charge is 0.365 e. The van der Waals surface area contributed by atoms with E-state index in [0.717, 1.165) is 0 Å². The second-order valence-corrected chi connectivity index (χ2v) is 7.14. The van der Waals surface area contributed by atoms with Crippen molar-refractivity contribution in [2.24, 2.45) is 0 Å². The summed E-state index contributed by atoms with van der Waals surface area (Å²) in [5, 5.41) is 2.50. The Labute approximate surface area is 172 Å². The fraction of sp³-hybridized carbons (Fsp3) is 0.400. The van der Waals surface area contributed by atoms with Gasteiger partial charge in [0.15, 0.2) is 0 Å². The summed E-state index contributed by atoms with van der Waals surface area (Å²) in [5.74, 6) is -1.16. The molecule has 0 radical (unpaired) electrons. The van der Waals surface area contributed by atoms with Gasteiger partial charge in [-0.05, 0) is 24.6 Å². The molecule has 3 rings (SSSR count). The van der Waals surface area contributed by atoms with E-state index in [9.17, 15) is 23.6 Å². The van der Waals surface area contributed by atoms with Gasteiger partial charge < -0.3 is 19.6 Å². The van der Waals surface area contributed by atoms with Crippen LogP contribution in [0.5, 0.6) is 0 Å². The number of ketones is 1. The second-order valence-electron chi connectivity index (χ2n) is 7.14. The summed E-state index contributed by atoms with van der Waals surface area (Å²) >= 11 is 0. The van der Waals surface area contributed by atoms with Crippen molar-refractivity contribution in [1.29, 1.82) is 0 Å². The lowest BCUT2D eigenvalue weighted by Gasteiger charge is -2.36. The van der Waals surface area contributed by atoms with E-state index in [2.05, 4.69) is 5.32 Å². The molecule has 30 heavy (non-hydrogen) atoms. The number of hydrogen-bond donors (Lipinski definition) is 1. The molecule has 10 heteroatoms. The number of anilines is 1. The number of hydrogen-bond acceptors (Lipinski definition) is 6. The first kappa shape index (κ1) is 21.3. The van der Waals surface area contributed by atoms with Crippen LogP contribution in [0.2, 0.25) is 0 Å². The third kappa shape index (κ3) is 4.94. The highest BCUT2D eigenvalue weighted by molar-refractivity contribution is 5.96. The van der Waals surface area contributed by atoms with E-state index >= 15 is 0 Å². The van der Waals surface area contributed by atoms with Crippen LogP contribution in [0.3, 0.4) is 0 Å². The number of aromatic nitrogens is 1. The third-order valence-corrected chi connectivity index (χ3v) is 4.81. The van der Waals surface area contributed by atoms with Crippen molar-refractivity contribution in [3.8, 4) is 11.1 Å². The third-order valence-electron chi connectivity index (χ3n) is 4.81. The van der Waals surface area contributed by atoms with E-state index in [1.54, 1.807) is 17.0 Å². The van der Waals surface area contributed by atoms with Gasteiger partial charge in [-0.3, -0.25) is 14.4 Å². The second kappa shape index (κ2) is 8.93. The summed E-state index contributed by atoms with van der Waals surface area (Å²) in [6.45, 7) is 4.41. The van der Waals surface area contributed by atoms with Crippen molar-refractivity contribution in [3.05, 3.63) is 40.6 Å². The monoisotopic (exact) mass is 418 g/mol. The summed E-state index contributed by atoms with van der Waals surface area (Å²) in [6.07, 6.45) is 1.29. The molecule has 0 unspecified atom stereocenters. The zero-order valence-corrected chi connectivity index (χ0v) is 16.8. The van der Waals surface area contributed by atoms with Crippen LogP contribution in [0.4, 0.5) is 10.1 Å². The number of amides is 2. The van der Waals surface area contributed by atoms with Crippen molar-refractivity contribution in [2.45, 2.75) is 26.9 Å². The van der Waals surface area contributed by atoms with Crippen LogP contribution < -0.4 is 15.8 Å². The van der Waals surface area contributed by atoms with Crippen LogP contribution in [0, 0.1) is 5.82 Å². The summed E-state index contributed by atoms with van der Waals surface area (Å²) < 4.78 is 21.0. The molecule has 1 saturated heterocycles. The molecule has 1 aliphatic rings. The first-order valence-corrected chi connectivity index (χ1v) is 9.52. The van der Waals surface area contributed by atoms with Crippen LogP contribution in [-0.4, -0.2) is 53.4 Å². The van der Waals surface area contributed by atoms with Gasteiger partial charge in [-0.25, -0.2) is 9.18 Å². The van der Waals surface area contributed by atoms with Gasteiger partial charge in [-0.2, -0.15) is 4.74 Å². The molecule has 0 spiro atoms. The minimum Gasteiger partial charge on any atom is -0.366 e. The number of piperazine rings is 1. The maximum Gasteiger partial charge on any atom is 0.365 e. The van der Waals surface area contributed by atoms with Gasteiger partial charge in [-0.1, -0.05) is 6.07 Å².